The first kappa shape index (κ1) is 19.9. The summed E-state index contributed by atoms with van der Waals surface area (Å²) in [5.74, 6) is -2.57. The van der Waals surface area contributed by atoms with Gasteiger partial charge in [-0.1, -0.05) is 0 Å². The minimum absolute atomic E-state index is 0.139. The van der Waals surface area contributed by atoms with Crippen LogP contribution in [0.5, 0.6) is 0 Å². The minimum Gasteiger partial charge on any atom is -0.480 e. The van der Waals surface area contributed by atoms with Crippen molar-refractivity contribution in [2.24, 2.45) is 0 Å². The standard InChI is InChI=1S/C3H8O2.2C2H3ClO2/c1-3(5)2-4;2*3-1-2(4)5/h3-5H,2H2,1H3;2*1H2,(H,4,5). The van der Waals surface area contributed by atoms with Gasteiger partial charge in [0, 0.05) is 0 Å². The van der Waals surface area contributed by atoms with E-state index in [1.807, 2.05) is 0 Å². The second kappa shape index (κ2) is 15.9. The number of aliphatic hydroxyl groups is 2. The van der Waals surface area contributed by atoms with Gasteiger partial charge in [0.05, 0.1) is 12.7 Å². The summed E-state index contributed by atoms with van der Waals surface area (Å²) in [6.07, 6.45) is -0.560. The van der Waals surface area contributed by atoms with Crippen molar-refractivity contribution in [2.45, 2.75) is 13.0 Å². The maximum absolute atomic E-state index is 9.24. The molecular weight excluding hydrogens is 251 g/mol. The molecular formula is C7H14Cl2O6. The molecule has 15 heavy (non-hydrogen) atoms. The number of hydrogen-bond acceptors (Lipinski definition) is 4. The topological polar surface area (TPSA) is 115 Å². The predicted octanol–water partition coefficient (Wildman–Crippen LogP) is -0.0209. The SMILES string of the molecule is CC(O)CO.O=C(O)CCl.O=C(O)CCl. The van der Waals surface area contributed by atoms with Crippen molar-refractivity contribution in [3.05, 3.63) is 0 Å². The van der Waals surface area contributed by atoms with Crippen molar-refractivity contribution >= 4 is 35.1 Å². The van der Waals surface area contributed by atoms with Crippen LogP contribution in [0.1, 0.15) is 6.92 Å². The molecule has 0 radical (unpaired) electrons. The molecule has 0 aliphatic heterocycles. The van der Waals surface area contributed by atoms with Crippen LogP contribution in [0.4, 0.5) is 0 Å². The number of carboxylic acid groups (broad SMARTS) is 2. The molecule has 1 atom stereocenters. The van der Waals surface area contributed by atoms with E-state index in [0.29, 0.717) is 0 Å². The monoisotopic (exact) mass is 264 g/mol. The van der Waals surface area contributed by atoms with Crippen molar-refractivity contribution in [1.29, 1.82) is 0 Å². The van der Waals surface area contributed by atoms with Gasteiger partial charge in [-0.05, 0) is 6.92 Å². The first-order chi connectivity index (χ1) is 6.81. The van der Waals surface area contributed by atoms with Crippen LogP contribution >= 0.6 is 23.2 Å². The second-order valence-corrected chi connectivity index (χ2v) is 2.62. The zero-order valence-electron chi connectivity index (χ0n) is 8.06. The van der Waals surface area contributed by atoms with Crippen LogP contribution in [0, 0.1) is 0 Å². The lowest BCUT2D eigenvalue weighted by Crippen LogP contribution is -2.03. The number of aliphatic hydroxyl groups excluding tert-OH is 2. The molecule has 4 N–H and O–H groups in total. The molecule has 8 heteroatoms. The molecule has 0 aliphatic carbocycles. The van der Waals surface area contributed by atoms with Crippen molar-refractivity contribution in [3.8, 4) is 0 Å². The molecule has 0 rings (SSSR count). The van der Waals surface area contributed by atoms with Gasteiger partial charge in [0.1, 0.15) is 11.8 Å². The second-order valence-electron chi connectivity index (χ2n) is 2.09. The van der Waals surface area contributed by atoms with Gasteiger partial charge in [-0.2, -0.15) is 0 Å². The molecule has 0 aromatic carbocycles. The average molecular weight is 265 g/mol. The Kier molecular flexibility index (Phi) is 21.1. The largest absolute Gasteiger partial charge is 0.480 e. The summed E-state index contributed by atoms with van der Waals surface area (Å²) in [6, 6.07) is 0. The summed E-state index contributed by atoms with van der Waals surface area (Å²) in [6.45, 7) is 1.39. The summed E-state index contributed by atoms with van der Waals surface area (Å²) >= 11 is 9.47. The Bertz CT molecular complexity index is 148. The van der Waals surface area contributed by atoms with Gasteiger partial charge in [0.15, 0.2) is 0 Å². The zero-order chi connectivity index (χ0) is 12.9. The van der Waals surface area contributed by atoms with Crippen LogP contribution in [0.15, 0.2) is 0 Å². The van der Waals surface area contributed by atoms with E-state index in [9.17, 15) is 9.59 Å². The van der Waals surface area contributed by atoms with Crippen LogP contribution in [0.2, 0.25) is 0 Å². The summed E-state index contributed by atoms with van der Waals surface area (Å²) < 4.78 is 0. The molecule has 0 aromatic rings. The van der Waals surface area contributed by atoms with E-state index in [4.69, 9.17) is 43.6 Å². The lowest BCUT2D eigenvalue weighted by atomic mass is 10.5. The first-order valence-corrected chi connectivity index (χ1v) is 4.73. The molecule has 0 saturated heterocycles. The lowest BCUT2D eigenvalue weighted by molar-refractivity contribution is -0.135. The molecule has 0 spiro atoms. The number of aliphatic carboxylic acids is 2. The molecule has 0 amide bonds. The van der Waals surface area contributed by atoms with Crippen LogP contribution < -0.4 is 0 Å². The van der Waals surface area contributed by atoms with Gasteiger partial charge in [-0.25, -0.2) is 0 Å². The van der Waals surface area contributed by atoms with E-state index in [2.05, 4.69) is 0 Å². The maximum Gasteiger partial charge on any atom is 0.318 e. The Labute approximate surface area is 97.0 Å². The Morgan fingerprint density at radius 2 is 1.27 bits per heavy atom. The molecule has 0 heterocycles. The number of halogens is 2. The van der Waals surface area contributed by atoms with Crippen molar-refractivity contribution in [1.82, 2.24) is 0 Å². The summed E-state index contributed by atoms with van der Waals surface area (Å²) in [5, 5.41) is 31.2. The fraction of sp³-hybridized carbons (Fsp3) is 0.714. The summed E-state index contributed by atoms with van der Waals surface area (Å²) in [4.78, 5) is 18.5. The maximum atomic E-state index is 9.24. The highest BCUT2D eigenvalue weighted by Crippen LogP contribution is 1.69. The highest BCUT2D eigenvalue weighted by Gasteiger charge is 1.84. The molecule has 0 aliphatic rings. The Hall–Kier alpha value is -0.560. The third-order valence-electron chi connectivity index (χ3n) is 0.493. The molecule has 0 bridgehead atoms. The van der Waals surface area contributed by atoms with E-state index in [1.165, 1.54) is 6.92 Å². The molecule has 6 nitrogen and oxygen atoms in total. The Morgan fingerprint density at radius 1 is 1.13 bits per heavy atom. The van der Waals surface area contributed by atoms with Gasteiger partial charge in [0.2, 0.25) is 0 Å². The van der Waals surface area contributed by atoms with Gasteiger partial charge in [-0.15, -0.1) is 23.2 Å². The Morgan fingerprint density at radius 3 is 1.27 bits per heavy atom. The van der Waals surface area contributed by atoms with E-state index in [-0.39, 0.29) is 18.4 Å². The van der Waals surface area contributed by atoms with Crippen LogP contribution in [0.3, 0.4) is 0 Å². The smallest absolute Gasteiger partial charge is 0.318 e. The number of carboxylic acids is 2. The quantitative estimate of drug-likeness (QED) is 0.533. The van der Waals surface area contributed by atoms with Crippen LogP contribution in [0.25, 0.3) is 0 Å². The lowest BCUT2D eigenvalue weighted by Gasteiger charge is -1.90. The van der Waals surface area contributed by atoms with Crippen molar-refractivity contribution < 1.29 is 30.0 Å². The third kappa shape index (κ3) is 59.4. The van der Waals surface area contributed by atoms with Crippen LogP contribution in [-0.2, 0) is 9.59 Å². The van der Waals surface area contributed by atoms with E-state index in [0.717, 1.165) is 0 Å². The average Bonchev–Trinajstić information content (AvgIpc) is 2.19. The van der Waals surface area contributed by atoms with Gasteiger partial charge < -0.3 is 20.4 Å². The fourth-order valence-electron chi connectivity index (χ4n) is 0. The highest BCUT2D eigenvalue weighted by atomic mass is 35.5. The molecule has 0 aromatic heterocycles. The first-order valence-electron chi connectivity index (χ1n) is 3.66. The predicted molar refractivity (Wildman–Crippen MR) is 55.5 cm³/mol. The number of alkyl halides is 2. The van der Waals surface area contributed by atoms with Gasteiger partial charge >= 0.3 is 11.9 Å². The minimum atomic E-state index is -0.980. The number of rotatable bonds is 3. The number of carbonyl (C=O) groups is 2. The summed E-state index contributed by atoms with van der Waals surface area (Å²) in [7, 11) is 0. The van der Waals surface area contributed by atoms with Crippen molar-refractivity contribution in [3.63, 3.8) is 0 Å². The Balaban J connectivity index is -0.000000144. The van der Waals surface area contributed by atoms with E-state index in [1.54, 1.807) is 0 Å². The van der Waals surface area contributed by atoms with Gasteiger partial charge in [0.25, 0.3) is 0 Å². The summed E-state index contributed by atoms with van der Waals surface area (Å²) in [5.41, 5.74) is 0. The highest BCUT2D eigenvalue weighted by molar-refractivity contribution is 6.26. The molecule has 0 saturated carbocycles. The fourth-order valence-corrected chi connectivity index (χ4v) is 0. The third-order valence-corrected chi connectivity index (χ3v) is 0.950. The normalized spacial score (nSPS) is 9.93. The van der Waals surface area contributed by atoms with Crippen molar-refractivity contribution in [2.75, 3.05) is 18.4 Å². The zero-order valence-corrected chi connectivity index (χ0v) is 9.57. The van der Waals surface area contributed by atoms with E-state index < -0.39 is 18.0 Å². The molecule has 1 unspecified atom stereocenters. The number of hydrogen-bond donors (Lipinski definition) is 4. The van der Waals surface area contributed by atoms with Gasteiger partial charge in [-0.3, -0.25) is 9.59 Å². The molecule has 92 valence electrons. The van der Waals surface area contributed by atoms with E-state index >= 15 is 0 Å². The molecule has 0 fully saturated rings. The van der Waals surface area contributed by atoms with Crippen LogP contribution in [-0.4, -0.2) is 56.8 Å².